The van der Waals surface area contributed by atoms with Crippen LogP contribution in [0, 0.1) is 0 Å². The smallest absolute Gasteiger partial charge is 0.418 e. The Kier molecular flexibility index (Phi) is 1.98. The summed E-state index contributed by atoms with van der Waals surface area (Å²) in [6, 6.07) is 7.55. The van der Waals surface area contributed by atoms with E-state index >= 15 is 0 Å². The maximum absolute atomic E-state index is 11.8. The molecule has 3 rings (SSSR count). The normalized spacial score (nSPS) is 19.6. The van der Waals surface area contributed by atoms with E-state index in [1.807, 2.05) is 25.1 Å². The van der Waals surface area contributed by atoms with Gasteiger partial charge in [0, 0.05) is 22.5 Å². The molecule has 4 heteroatoms. The Morgan fingerprint density at radius 1 is 1.44 bits per heavy atom. The van der Waals surface area contributed by atoms with E-state index in [1.54, 1.807) is 10.6 Å². The fourth-order valence-electron chi connectivity index (χ4n) is 2.16. The highest BCUT2D eigenvalue weighted by Gasteiger charge is 2.25. The van der Waals surface area contributed by atoms with Gasteiger partial charge in [-0.1, -0.05) is 17.7 Å². The van der Waals surface area contributed by atoms with Crippen molar-refractivity contribution in [2.24, 2.45) is 0 Å². The third kappa shape index (κ3) is 1.32. The van der Waals surface area contributed by atoms with Gasteiger partial charge in [-0.3, -0.25) is 0 Å². The molecule has 1 unspecified atom stereocenters. The number of carbonyl (C=O) groups is 1. The predicted octanol–water partition coefficient (Wildman–Crippen LogP) is 3.22. The van der Waals surface area contributed by atoms with Crippen molar-refractivity contribution < 1.29 is 9.53 Å². The van der Waals surface area contributed by atoms with Gasteiger partial charge in [-0.15, -0.1) is 0 Å². The van der Waals surface area contributed by atoms with Gasteiger partial charge < -0.3 is 4.74 Å². The number of hydrogen-bond donors (Lipinski definition) is 0. The van der Waals surface area contributed by atoms with Crippen LogP contribution in [0.15, 0.2) is 24.3 Å². The third-order valence-corrected chi connectivity index (χ3v) is 3.06. The van der Waals surface area contributed by atoms with Crippen LogP contribution in [0.4, 0.5) is 4.79 Å². The van der Waals surface area contributed by atoms with Gasteiger partial charge in [0.25, 0.3) is 0 Å². The average Bonchev–Trinajstić information content (AvgIpc) is 2.54. The first kappa shape index (κ1) is 9.73. The molecule has 16 heavy (non-hydrogen) atoms. The van der Waals surface area contributed by atoms with Gasteiger partial charge in [0.15, 0.2) is 0 Å². The lowest BCUT2D eigenvalue weighted by Crippen LogP contribution is -2.29. The fraction of sp³-hybridized carbons (Fsp3) is 0.250. The number of hydrogen-bond acceptors (Lipinski definition) is 2. The zero-order chi connectivity index (χ0) is 11.3. The zero-order valence-corrected chi connectivity index (χ0v) is 9.49. The lowest BCUT2D eigenvalue weighted by atomic mass is 10.2. The van der Waals surface area contributed by atoms with Crippen LogP contribution >= 0.6 is 11.6 Å². The average molecular weight is 236 g/mol. The number of benzene rings is 1. The Labute approximate surface area is 97.6 Å². The summed E-state index contributed by atoms with van der Waals surface area (Å²) in [4.78, 5) is 11.8. The number of cyclic esters (lactones) is 1. The Bertz CT molecular complexity index is 588. The highest BCUT2D eigenvalue weighted by atomic mass is 35.5. The summed E-state index contributed by atoms with van der Waals surface area (Å²) in [7, 11) is 0. The molecular formula is C12H10ClNO2. The molecular weight excluding hydrogens is 226 g/mol. The molecule has 0 amide bonds. The lowest BCUT2D eigenvalue weighted by molar-refractivity contribution is 0.0959. The fourth-order valence-corrected chi connectivity index (χ4v) is 2.32. The standard InChI is InChI=1S/C12H10ClNO2/c1-7-4-10-5-8-2-3-9(13)6-11(8)14(10)12(15)16-7/h2-3,5-7H,4H2,1H3. The van der Waals surface area contributed by atoms with Crippen molar-refractivity contribution in [1.29, 1.82) is 0 Å². The summed E-state index contributed by atoms with van der Waals surface area (Å²) >= 11 is 5.93. The van der Waals surface area contributed by atoms with E-state index in [0.717, 1.165) is 23.0 Å². The molecule has 0 saturated carbocycles. The number of carbonyl (C=O) groups excluding carboxylic acids is 1. The van der Waals surface area contributed by atoms with Gasteiger partial charge in [0.05, 0.1) is 5.52 Å². The molecule has 1 aliphatic heterocycles. The Morgan fingerprint density at radius 2 is 2.25 bits per heavy atom. The van der Waals surface area contributed by atoms with Crippen LogP contribution in [0.3, 0.4) is 0 Å². The molecule has 2 aromatic rings. The SMILES string of the molecule is CC1Cc2cc3ccc(Cl)cc3n2C(=O)O1. The molecule has 2 heterocycles. The van der Waals surface area contributed by atoms with E-state index in [2.05, 4.69) is 0 Å². The Hall–Kier alpha value is -1.48. The molecule has 82 valence electrons. The first-order valence-electron chi connectivity index (χ1n) is 5.16. The topological polar surface area (TPSA) is 31.2 Å². The molecule has 1 aliphatic rings. The molecule has 0 spiro atoms. The van der Waals surface area contributed by atoms with Crippen molar-refractivity contribution in [2.75, 3.05) is 0 Å². The minimum Gasteiger partial charge on any atom is -0.445 e. The quantitative estimate of drug-likeness (QED) is 0.702. The maximum atomic E-state index is 11.8. The second kappa shape index (κ2) is 3.25. The van der Waals surface area contributed by atoms with Gasteiger partial charge in [-0.25, -0.2) is 9.36 Å². The summed E-state index contributed by atoms with van der Waals surface area (Å²) in [6.45, 7) is 1.89. The number of nitrogens with zero attached hydrogens (tertiary/aromatic N) is 1. The van der Waals surface area contributed by atoms with Crippen molar-refractivity contribution >= 4 is 28.6 Å². The highest BCUT2D eigenvalue weighted by Crippen LogP contribution is 2.27. The van der Waals surface area contributed by atoms with Crippen LogP contribution in [0.25, 0.3) is 10.9 Å². The van der Waals surface area contributed by atoms with Crippen LogP contribution < -0.4 is 0 Å². The van der Waals surface area contributed by atoms with Crippen LogP contribution in [0.1, 0.15) is 12.6 Å². The molecule has 0 radical (unpaired) electrons. The first-order valence-corrected chi connectivity index (χ1v) is 5.54. The van der Waals surface area contributed by atoms with Crippen LogP contribution in [-0.4, -0.2) is 16.8 Å². The van der Waals surface area contributed by atoms with Gasteiger partial charge in [0.1, 0.15) is 6.10 Å². The van der Waals surface area contributed by atoms with Gasteiger partial charge in [0.2, 0.25) is 0 Å². The van der Waals surface area contributed by atoms with E-state index in [1.165, 1.54) is 0 Å². The molecule has 0 bridgehead atoms. The highest BCUT2D eigenvalue weighted by molar-refractivity contribution is 6.31. The molecule has 0 saturated heterocycles. The minimum atomic E-state index is -0.314. The molecule has 1 aromatic carbocycles. The number of halogens is 1. The number of ether oxygens (including phenoxy) is 1. The van der Waals surface area contributed by atoms with E-state index in [-0.39, 0.29) is 12.2 Å². The summed E-state index contributed by atoms with van der Waals surface area (Å²) in [5.41, 5.74) is 1.81. The van der Waals surface area contributed by atoms with Crippen LogP contribution in [0.5, 0.6) is 0 Å². The number of aromatic nitrogens is 1. The molecule has 0 N–H and O–H groups in total. The second-order valence-electron chi connectivity index (χ2n) is 4.07. The summed E-state index contributed by atoms with van der Waals surface area (Å²) < 4.78 is 6.80. The number of fused-ring (bicyclic) bond motifs is 3. The summed E-state index contributed by atoms with van der Waals surface area (Å²) in [5.74, 6) is 0. The lowest BCUT2D eigenvalue weighted by Gasteiger charge is -2.21. The minimum absolute atomic E-state index is 0.0558. The Morgan fingerprint density at radius 3 is 3.06 bits per heavy atom. The second-order valence-corrected chi connectivity index (χ2v) is 4.51. The van der Waals surface area contributed by atoms with E-state index in [4.69, 9.17) is 16.3 Å². The zero-order valence-electron chi connectivity index (χ0n) is 8.74. The van der Waals surface area contributed by atoms with Crippen molar-refractivity contribution in [3.63, 3.8) is 0 Å². The third-order valence-electron chi connectivity index (χ3n) is 2.82. The van der Waals surface area contributed by atoms with Crippen molar-refractivity contribution in [3.8, 4) is 0 Å². The van der Waals surface area contributed by atoms with Crippen LogP contribution in [-0.2, 0) is 11.2 Å². The number of rotatable bonds is 0. The molecule has 1 atom stereocenters. The molecule has 3 nitrogen and oxygen atoms in total. The Balaban J connectivity index is 2.32. The molecule has 0 fully saturated rings. The van der Waals surface area contributed by atoms with Gasteiger partial charge >= 0.3 is 6.09 Å². The van der Waals surface area contributed by atoms with Crippen LogP contribution in [0.2, 0.25) is 5.02 Å². The predicted molar refractivity (Wildman–Crippen MR) is 62.0 cm³/mol. The molecule has 1 aromatic heterocycles. The van der Waals surface area contributed by atoms with Crippen molar-refractivity contribution in [1.82, 2.24) is 4.57 Å². The summed E-state index contributed by atoms with van der Waals surface area (Å²) in [5, 5.41) is 1.64. The van der Waals surface area contributed by atoms with Gasteiger partial charge in [-0.05, 0) is 25.1 Å². The monoisotopic (exact) mass is 235 g/mol. The van der Waals surface area contributed by atoms with Crippen molar-refractivity contribution in [2.45, 2.75) is 19.4 Å². The summed E-state index contributed by atoms with van der Waals surface area (Å²) in [6.07, 6.45) is 0.378. The van der Waals surface area contributed by atoms with Crippen molar-refractivity contribution in [3.05, 3.63) is 35.0 Å². The van der Waals surface area contributed by atoms with Gasteiger partial charge in [-0.2, -0.15) is 0 Å². The van der Waals surface area contributed by atoms with E-state index in [0.29, 0.717) is 5.02 Å². The molecule has 0 aliphatic carbocycles. The van der Waals surface area contributed by atoms with E-state index in [9.17, 15) is 4.79 Å². The van der Waals surface area contributed by atoms with E-state index < -0.39 is 0 Å². The largest absolute Gasteiger partial charge is 0.445 e. The maximum Gasteiger partial charge on any atom is 0.418 e. The first-order chi connectivity index (χ1) is 7.65.